The number of halogens is 1. The Morgan fingerprint density at radius 3 is 2.52 bits per heavy atom. The van der Waals surface area contributed by atoms with Gasteiger partial charge in [0, 0.05) is 6.42 Å². The Hall–Kier alpha value is -0.640. The summed E-state index contributed by atoms with van der Waals surface area (Å²) in [5.74, 6) is 2.46. The number of aliphatic hydroxyl groups excluding tert-OH is 1. The van der Waals surface area contributed by atoms with Crippen molar-refractivity contribution in [2.45, 2.75) is 97.3 Å². The lowest BCUT2D eigenvalue weighted by Crippen LogP contribution is -2.57. The maximum Gasteiger partial charge on any atom is 0.305 e. The van der Waals surface area contributed by atoms with Crippen molar-refractivity contribution in [2.75, 3.05) is 7.11 Å². The standard InChI is InChI=1S/C25H41FO3/c1-15(5-8-22(28)29-4)18-6-7-19-23-20(10-12-25(18,19)3)24(2)11-9-17(27)13-16(24)14-21(23)26/h15-21,23,27H,5-14H2,1-4H3/t15-,16+,17-,18-,19+,20+,21?,23+,24+,25-/m1/s1. The zero-order valence-corrected chi connectivity index (χ0v) is 18.8. The number of methoxy groups -OCH3 is 1. The summed E-state index contributed by atoms with van der Waals surface area (Å²) >= 11 is 0. The van der Waals surface area contributed by atoms with E-state index in [0.29, 0.717) is 42.4 Å². The summed E-state index contributed by atoms with van der Waals surface area (Å²) in [6.45, 7) is 7.15. The lowest BCUT2D eigenvalue weighted by molar-refractivity contribution is -0.157. The number of ether oxygens (including phenoxy) is 1. The van der Waals surface area contributed by atoms with E-state index >= 15 is 4.39 Å². The smallest absolute Gasteiger partial charge is 0.305 e. The van der Waals surface area contributed by atoms with Gasteiger partial charge in [-0.2, -0.15) is 0 Å². The molecule has 1 N–H and O–H groups in total. The van der Waals surface area contributed by atoms with Crippen LogP contribution in [0.5, 0.6) is 0 Å². The number of esters is 1. The highest BCUT2D eigenvalue weighted by Crippen LogP contribution is 2.68. The molecule has 0 aromatic carbocycles. The first-order chi connectivity index (χ1) is 13.7. The molecule has 4 heteroatoms. The van der Waals surface area contributed by atoms with Gasteiger partial charge in [0.25, 0.3) is 0 Å². The summed E-state index contributed by atoms with van der Waals surface area (Å²) in [6.07, 6.45) is 8.52. The van der Waals surface area contributed by atoms with Crippen molar-refractivity contribution in [3.05, 3.63) is 0 Å². The van der Waals surface area contributed by atoms with Gasteiger partial charge < -0.3 is 9.84 Å². The Balaban J connectivity index is 1.53. The van der Waals surface area contributed by atoms with Crippen molar-refractivity contribution in [1.29, 1.82) is 0 Å². The van der Waals surface area contributed by atoms with E-state index in [4.69, 9.17) is 4.74 Å². The number of hydrogen-bond donors (Lipinski definition) is 1. The fourth-order valence-corrected chi connectivity index (χ4v) is 8.77. The molecule has 0 aromatic rings. The predicted octanol–water partition coefficient (Wildman–Crippen LogP) is 5.54. The minimum Gasteiger partial charge on any atom is -0.469 e. The van der Waals surface area contributed by atoms with Gasteiger partial charge in [-0.05, 0) is 104 Å². The third kappa shape index (κ3) is 3.46. The van der Waals surface area contributed by atoms with Crippen LogP contribution in [0.4, 0.5) is 4.39 Å². The molecule has 10 atom stereocenters. The second kappa shape index (κ2) is 7.80. The van der Waals surface area contributed by atoms with E-state index in [1.54, 1.807) is 0 Å². The van der Waals surface area contributed by atoms with Gasteiger partial charge in [0.1, 0.15) is 6.17 Å². The molecule has 0 aliphatic heterocycles. The topological polar surface area (TPSA) is 46.5 Å². The molecule has 0 spiro atoms. The molecule has 166 valence electrons. The molecule has 0 aromatic heterocycles. The number of fused-ring (bicyclic) bond motifs is 5. The zero-order chi connectivity index (χ0) is 21.0. The van der Waals surface area contributed by atoms with E-state index in [2.05, 4.69) is 20.8 Å². The molecule has 29 heavy (non-hydrogen) atoms. The molecule has 4 aliphatic carbocycles. The van der Waals surface area contributed by atoms with E-state index in [-0.39, 0.29) is 28.8 Å². The van der Waals surface area contributed by atoms with Crippen molar-refractivity contribution in [2.24, 2.45) is 46.3 Å². The van der Waals surface area contributed by atoms with Crippen molar-refractivity contribution >= 4 is 5.97 Å². The largest absolute Gasteiger partial charge is 0.469 e. The van der Waals surface area contributed by atoms with Crippen LogP contribution in [-0.2, 0) is 9.53 Å². The predicted molar refractivity (Wildman–Crippen MR) is 112 cm³/mol. The molecule has 0 heterocycles. The molecular weight excluding hydrogens is 367 g/mol. The molecule has 4 aliphatic rings. The summed E-state index contributed by atoms with van der Waals surface area (Å²) in [6, 6.07) is 0. The SMILES string of the molecule is COC(=O)CC[C@@H](C)[C@H]1CC[C@H]2[C@@H]3C(F)C[C@@H]4C[C@H](O)CC[C@]4(C)[C@H]3CC[C@]12C. The van der Waals surface area contributed by atoms with Crippen molar-refractivity contribution < 1.29 is 19.0 Å². The lowest BCUT2D eigenvalue weighted by atomic mass is 9.44. The summed E-state index contributed by atoms with van der Waals surface area (Å²) in [4.78, 5) is 11.6. The molecular formula is C25H41FO3. The number of carbonyl (C=O) groups excluding carboxylic acids is 1. The molecule has 3 nitrogen and oxygen atoms in total. The van der Waals surface area contributed by atoms with Gasteiger partial charge in [0.15, 0.2) is 0 Å². The monoisotopic (exact) mass is 408 g/mol. The minimum atomic E-state index is -0.711. The van der Waals surface area contributed by atoms with Gasteiger partial charge in [0.2, 0.25) is 0 Å². The molecule has 1 unspecified atom stereocenters. The highest BCUT2D eigenvalue weighted by molar-refractivity contribution is 5.69. The van der Waals surface area contributed by atoms with Crippen LogP contribution in [0, 0.1) is 46.3 Å². The van der Waals surface area contributed by atoms with Crippen molar-refractivity contribution in [3.8, 4) is 0 Å². The highest BCUT2D eigenvalue weighted by atomic mass is 19.1. The van der Waals surface area contributed by atoms with Crippen LogP contribution >= 0.6 is 0 Å². The number of alkyl halides is 1. The zero-order valence-electron chi connectivity index (χ0n) is 18.8. The molecule has 4 fully saturated rings. The van der Waals surface area contributed by atoms with E-state index in [0.717, 1.165) is 38.5 Å². The molecule has 0 bridgehead atoms. The molecule has 0 amide bonds. The molecule has 0 radical (unpaired) electrons. The number of carbonyl (C=O) groups is 1. The van der Waals surface area contributed by atoms with Gasteiger partial charge in [-0.3, -0.25) is 4.79 Å². The van der Waals surface area contributed by atoms with E-state index in [1.807, 2.05) is 0 Å². The van der Waals surface area contributed by atoms with Gasteiger partial charge in [-0.15, -0.1) is 0 Å². The minimum absolute atomic E-state index is 0.116. The fourth-order valence-electron chi connectivity index (χ4n) is 8.77. The third-order valence-electron chi connectivity index (χ3n) is 10.4. The number of rotatable bonds is 4. The summed E-state index contributed by atoms with van der Waals surface area (Å²) < 4.78 is 20.5. The van der Waals surface area contributed by atoms with Crippen LogP contribution in [0.25, 0.3) is 0 Å². The maximum absolute atomic E-state index is 15.7. The Morgan fingerprint density at radius 2 is 1.79 bits per heavy atom. The van der Waals surface area contributed by atoms with Crippen molar-refractivity contribution in [1.82, 2.24) is 0 Å². The average molecular weight is 409 g/mol. The van der Waals surface area contributed by atoms with Crippen LogP contribution in [0.2, 0.25) is 0 Å². The Morgan fingerprint density at radius 1 is 1.10 bits per heavy atom. The normalized spacial score (nSPS) is 50.2. The first kappa shape index (κ1) is 21.6. The molecule has 4 rings (SSSR count). The van der Waals surface area contributed by atoms with Crippen LogP contribution in [-0.4, -0.2) is 30.5 Å². The average Bonchev–Trinajstić information content (AvgIpc) is 3.04. The van der Waals surface area contributed by atoms with Crippen LogP contribution in [0.15, 0.2) is 0 Å². The quantitative estimate of drug-likeness (QED) is 0.621. The van der Waals surface area contributed by atoms with E-state index < -0.39 is 6.17 Å². The van der Waals surface area contributed by atoms with Crippen LogP contribution < -0.4 is 0 Å². The second-order valence-electron chi connectivity index (χ2n) is 11.5. The molecule has 0 saturated heterocycles. The Bertz CT molecular complexity index is 623. The number of hydrogen-bond acceptors (Lipinski definition) is 3. The van der Waals surface area contributed by atoms with Gasteiger partial charge in [-0.1, -0.05) is 20.8 Å². The fraction of sp³-hybridized carbons (Fsp3) is 0.960. The first-order valence-corrected chi connectivity index (χ1v) is 12.1. The van der Waals surface area contributed by atoms with E-state index in [1.165, 1.54) is 20.0 Å². The van der Waals surface area contributed by atoms with E-state index in [9.17, 15) is 9.90 Å². The van der Waals surface area contributed by atoms with Gasteiger partial charge in [-0.25, -0.2) is 4.39 Å². The highest BCUT2D eigenvalue weighted by Gasteiger charge is 2.63. The third-order valence-corrected chi connectivity index (χ3v) is 10.4. The maximum atomic E-state index is 15.7. The summed E-state index contributed by atoms with van der Waals surface area (Å²) in [7, 11) is 1.46. The number of aliphatic hydroxyl groups is 1. The summed E-state index contributed by atoms with van der Waals surface area (Å²) in [5.41, 5.74) is 0.417. The lowest BCUT2D eigenvalue weighted by Gasteiger charge is -2.62. The van der Waals surface area contributed by atoms with Gasteiger partial charge in [0.05, 0.1) is 13.2 Å². The molecule has 4 saturated carbocycles. The van der Waals surface area contributed by atoms with Crippen molar-refractivity contribution in [3.63, 3.8) is 0 Å². The van der Waals surface area contributed by atoms with Crippen LogP contribution in [0.1, 0.15) is 85.0 Å². The van der Waals surface area contributed by atoms with Gasteiger partial charge >= 0.3 is 5.97 Å². The van der Waals surface area contributed by atoms with Crippen LogP contribution in [0.3, 0.4) is 0 Å². The Labute approximate surface area is 176 Å². The second-order valence-corrected chi connectivity index (χ2v) is 11.5. The first-order valence-electron chi connectivity index (χ1n) is 12.1. The summed E-state index contributed by atoms with van der Waals surface area (Å²) in [5, 5.41) is 10.2. The Kier molecular flexibility index (Phi) is 5.81.